The van der Waals surface area contributed by atoms with Gasteiger partial charge in [0.2, 0.25) is 5.95 Å². The second kappa shape index (κ2) is 8.49. The van der Waals surface area contributed by atoms with Crippen LogP contribution < -0.4 is 10.6 Å². The van der Waals surface area contributed by atoms with Crippen LogP contribution in [0.15, 0.2) is 47.0 Å². The largest absolute Gasteiger partial charge is 0.351 e. The minimum Gasteiger partial charge on any atom is -0.351 e. The lowest BCUT2D eigenvalue weighted by Crippen LogP contribution is -2.23. The van der Waals surface area contributed by atoms with Crippen molar-refractivity contribution in [2.75, 3.05) is 5.32 Å². The number of nitrogens with one attached hydrogen (secondary N) is 2. The first-order valence-electron chi connectivity index (χ1n) is 9.69. The molecular formula is C22H23N5S. The van der Waals surface area contributed by atoms with Crippen LogP contribution in [-0.4, -0.2) is 16.0 Å². The number of benzene rings is 1. The fourth-order valence-electron chi connectivity index (χ4n) is 3.58. The lowest BCUT2D eigenvalue weighted by atomic mass is 9.96. The number of nitrogens with zero attached hydrogens (tertiary/aromatic N) is 3. The molecule has 4 rings (SSSR count). The number of rotatable bonds is 4. The fraction of sp³-hybridized carbons (Fsp3) is 0.318. The molecule has 2 heterocycles. The Morgan fingerprint density at radius 1 is 1.21 bits per heavy atom. The number of aryl methyl sites for hydroxylation is 1. The van der Waals surface area contributed by atoms with Crippen molar-refractivity contribution in [2.45, 2.75) is 45.1 Å². The number of thioether (sulfide) groups is 1. The number of nitriles is 1. The van der Waals surface area contributed by atoms with Gasteiger partial charge in [-0.15, -0.1) is 0 Å². The van der Waals surface area contributed by atoms with Gasteiger partial charge in [-0.2, -0.15) is 5.26 Å². The van der Waals surface area contributed by atoms with Gasteiger partial charge in [0.15, 0.2) is 0 Å². The van der Waals surface area contributed by atoms with Crippen molar-refractivity contribution in [1.82, 2.24) is 15.3 Å². The Morgan fingerprint density at radius 3 is 2.75 bits per heavy atom. The SMILES string of the molecule is Cc1cnc(NC2CCCCC2)nc1/C(C#N)=C1/NC(c2ccccc2)=CS1. The van der Waals surface area contributed by atoms with E-state index in [4.69, 9.17) is 4.98 Å². The Morgan fingerprint density at radius 2 is 2.00 bits per heavy atom. The van der Waals surface area contributed by atoms with Gasteiger partial charge in [-0.25, -0.2) is 9.97 Å². The molecule has 1 aromatic carbocycles. The Labute approximate surface area is 170 Å². The van der Waals surface area contributed by atoms with Crippen LogP contribution in [0.4, 0.5) is 5.95 Å². The summed E-state index contributed by atoms with van der Waals surface area (Å²) in [6.45, 7) is 1.95. The van der Waals surface area contributed by atoms with E-state index in [-0.39, 0.29) is 0 Å². The number of anilines is 1. The van der Waals surface area contributed by atoms with Crippen LogP contribution in [0.3, 0.4) is 0 Å². The molecule has 0 amide bonds. The van der Waals surface area contributed by atoms with Crippen LogP contribution in [0, 0.1) is 18.3 Å². The Bertz CT molecular complexity index is 953. The molecule has 0 radical (unpaired) electrons. The second-order valence-corrected chi connectivity index (χ2v) is 8.04. The lowest BCUT2D eigenvalue weighted by molar-refractivity contribution is 0.461. The standard InChI is InChI=1S/C22H23N5S/c1-15-13-24-22(25-17-10-6-3-7-11-17)27-20(15)18(12-23)21-26-19(14-28-21)16-8-4-2-5-9-16/h2,4-5,8-9,13-14,17,26H,3,6-7,10-11H2,1H3,(H,24,25,27)/b21-18-. The lowest BCUT2D eigenvalue weighted by Gasteiger charge is -2.23. The monoisotopic (exact) mass is 389 g/mol. The molecule has 0 saturated heterocycles. The average molecular weight is 390 g/mol. The molecule has 5 nitrogen and oxygen atoms in total. The van der Waals surface area contributed by atoms with Crippen molar-refractivity contribution >= 4 is 29.0 Å². The fourth-order valence-corrected chi connectivity index (χ4v) is 4.44. The zero-order chi connectivity index (χ0) is 19.3. The van der Waals surface area contributed by atoms with E-state index in [0.717, 1.165) is 34.7 Å². The van der Waals surface area contributed by atoms with E-state index < -0.39 is 0 Å². The summed E-state index contributed by atoms with van der Waals surface area (Å²) in [5.41, 5.74) is 4.24. The molecule has 1 fully saturated rings. The van der Waals surface area contributed by atoms with Gasteiger partial charge < -0.3 is 10.6 Å². The number of allylic oxidation sites excluding steroid dienone is 1. The van der Waals surface area contributed by atoms with Gasteiger partial charge in [-0.05, 0) is 30.9 Å². The molecule has 2 aliphatic rings. The van der Waals surface area contributed by atoms with E-state index in [1.54, 1.807) is 6.20 Å². The highest BCUT2D eigenvalue weighted by Gasteiger charge is 2.21. The maximum atomic E-state index is 9.87. The zero-order valence-electron chi connectivity index (χ0n) is 15.9. The molecular weight excluding hydrogens is 366 g/mol. The van der Waals surface area contributed by atoms with Crippen LogP contribution >= 0.6 is 11.8 Å². The van der Waals surface area contributed by atoms with Gasteiger partial charge in [-0.3, -0.25) is 0 Å². The molecule has 1 aliphatic heterocycles. The molecule has 2 aromatic rings. The van der Waals surface area contributed by atoms with Crippen molar-refractivity contribution in [2.24, 2.45) is 0 Å². The Hall–Kier alpha value is -2.78. The van der Waals surface area contributed by atoms with Gasteiger partial charge in [0.1, 0.15) is 11.6 Å². The zero-order valence-corrected chi connectivity index (χ0v) is 16.7. The molecule has 2 N–H and O–H groups in total. The molecule has 0 spiro atoms. The number of hydrogen-bond donors (Lipinski definition) is 2. The van der Waals surface area contributed by atoms with E-state index in [1.165, 1.54) is 31.0 Å². The van der Waals surface area contributed by atoms with E-state index in [2.05, 4.69) is 33.8 Å². The molecule has 142 valence electrons. The predicted octanol–water partition coefficient (Wildman–Crippen LogP) is 5.06. The van der Waals surface area contributed by atoms with E-state index in [9.17, 15) is 5.26 Å². The first kappa shape index (κ1) is 18.6. The average Bonchev–Trinajstić information content (AvgIpc) is 3.22. The van der Waals surface area contributed by atoms with Gasteiger partial charge in [0, 0.05) is 17.6 Å². The highest BCUT2D eigenvalue weighted by Crippen LogP contribution is 2.35. The van der Waals surface area contributed by atoms with E-state index in [0.29, 0.717) is 23.3 Å². The summed E-state index contributed by atoms with van der Waals surface area (Å²) in [5.74, 6) is 0.611. The van der Waals surface area contributed by atoms with Crippen LogP contribution in [0.25, 0.3) is 11.3 Å². The molecule has 28 heavy (non-hydrogen) atoms. The number of hydrogen-bond acceptors (Lipinski definition) is 6. The minimum absolute atomic E-state index is 0.424. The predicted molar refractivity (Wildman–Crippen MR) is 115 cm³/mol. The van der Waals surface area contributed by atoms with Crippen molar-refractivity contribution in [3.8, 4) is 6.07 Å². The maximum absolute atomic E-state index is 9.87. The summed E-state index contributed by atoms with van der Waals surface area (Å²) < 4.78 is 0. The third-order valence-electron chi connectivity index (χ3n) is 5.11. The molecule has 1 aromatic heterocycles. The normalized spacial score (nSPS) is 18.8. The van der Waals surface area contributed by atoms with Gasteiger partial charge in [0.05, 0.1) is 16.4 Å². The van der Waals surface area contributed by atoms with Crippen LogP contribution in [-0.2, 0) is 0 Å². The summed E-state index contributed by atoms with van der Waals surface area (Å²) >= 11 is 1.53. The third kappa shape index (κ3) is 4.05. The van der Waals surface area contributed by atoms with Crippen molar-refractivity contribution in [1.29, 1.82) is 5.26 Å². The van der Waals surface area contributed by atoms with Gasteiger partial charge in [-0.1, -0.05) is 61.4 Å². The first-order chi connectivity index (χ1) is 13.7. The Balaban J connectivity index is 1.59. The maximum Gasteiger partial charge on any atom is 0.223 e. The van der Waals surface area contributed by atoms with Gasteiger partial charge in [0.25, 0.3) is 0 Å². The molecule has 0 atom stereocenters. The third-order valence-corrected chi connectivity index (χ3v) is 6.01. The first-order valence-corrected chi connectivity index (χ1v) is 10.6. The van der Waals surface area contributed by atoms with Crippen LogP contribution in [0.5, 0.6) is 0 Å². The van der Waals surface area contributed by atoms with Crippen molar-refractivity contribution in [3.05, 3.63) is 63.8 Å². The number of aromatic nitrogens is 2. The minimum atomic E-state index is 0.424. The highest BCUT2D eigenvalue weighted by molar-refractivity contribution is 8.06. The summed E-state index contributed by atoms with van der Waals surface area (Å²) in [6, 6.07) is 12.9. The summed E-state index contributed by atoms with van der Waals surface area (Å²) in [7, 11) is 0. The molecule has 1 saturated carbocycles. The van der Waals surface area contributed by atoms with E-state index >= 15 is 0 Å². The smallest absolute Gasteiger partial charge is 0.223 e. The summed E-state index contributed by atoms with van der Waals surface area (Å²) in [4.78, 5) is 9.15. The molecule has 1 aliphatic carbocycles. The molecule has 0 bridgehead atoms. The molecule has 6 heteroatoms. The Kier molecular flexibility index (Phi) is 5.63. The topological polar surface area (TPSA) is 73.6 Å². The van der Waals surface area contributed by atoms with Gasteiger partial charge >= 0.3 is 0 Å². The highest BCUT2D eigenvalue weighted by atomic mass is 32.2. The second-order valence-electron chi connectivity index (χ2n) is 7.16. The van der Waals surface area contributed by atoms with Crippen LogP contribution in [0.1, 0.15) is 48.9 Å². The van der Waals surface area contributed by atoms with Crippen molar-refractivity contribution in [3.63, 3.8) is 0 Å². The quantitative estimate of drug-likeness (QED) is 0.712. The van der Waals surface area contributed by atoms with E-state index in [1.807, 2.05) is 30.5 Å². The summed E-state index contributed by atoms with van der Waals surface area (Å²) in [5, 5.41) is 19.6. The van der Waals surface area contributed by atoms with Crippen molar-refractivity contribution < 1.29 is 0 Å². The summed E-state index contributed by atoms with van der Waals surface area (Å²) in [6.07, 6.45) is 7.91. The van der Waals surface area contributed by atoms with Crippen LogP contribution in [0.2, 0.25) is 0 Å². The molecule has 0 unspecified atom stereocenters.